The van der Waals surface area contributed by atoms with Gasteiger partial charge in [-0.3, -0.25) is 4.48 Å². The number of hydrogen-bond acceptors (Lipinski definition) is 1. The smallest absolute Gasteiger partial charge is 0.204 e. The predicted octanol–water partition coefficient (Wildman–Crippen LogP) is -1.64. The molecule has 0 radical (unpaired) electrons. The monoisotopic (exact) mass is 160 g/mol. The first-order valence-electron chi connectivity index (χ1n) is 3.27. The zero-order valence-corrected chi connectivity index (χ0v) is 7.39. The zero-order chi connectivity index (χ0) is 6.91. The van der Waals surface area contributed by atoms with Crippen molar-refractivity contribution < 1.29 is 16.9 Å². The zero-order valence-electron chi connectivity index (χ0n) is 6.63. The molecule has 2 nitrogen and oxygen atoms in total. The van der Waals surface area contributed by atoms with Crippen LogP contribution in [-0.2, 0) is 0 Å². The Bertz CT molecular complexity index is 174. The first-order chi connectivity index (χ1) is 4.19. The third-order valence-corrected chi connectivity index (χ3v) is 2.05. The average Bonchev–Trinajstić information content (AvgIpc) is 2.15. The summed E-state index contributed by atoms with van der Waals surface area (Å²) < 4.78 is 0.875. The van der Waals surface area contributed by atoms with Crippen molar-refractivity contribution >= 4 is 5.84 Å². The molecule has 0 bridgehead atoms. The van der Waals surface area contributed by atoms with E-state index in [1.165, 1.54) is 5.84 Å². The fourth-order valence-electron chi connectivity index (χ4n) is 0.862. The maximum atomic E-state index is 4.17. The normalized spacial score (nSPS) is 29.7. The summed E-state index contributed by atoms with van der Waals surface area (Å²) in [5, 5.41) is 0. The molecule has 0 saturated heterocycles. The van der Waals surface area contributed by atoms with Crippen LogP contribution in [0.4, 0.5) is 0 Å². The minimum atomic E-state index is 0. The van der Waals surface area contributed by atoms with Crippen LogP contribution in [0.2, 0.25) is 0 Å². The van der Waals surface area contributed by atoms with Gasteiger partial charge in [0.05, 0.1) is 19.8 Å². The molecule has 0 spiro atoms. The maximum Gasteiger partial charge on any atom is 0.204 e. The first kappa shape index (κ1) is 9.66. The highest BCUT2D eigenvalue weighted by atomic mass is 35.5. The van der Waals surface area contributed by atoms with E-state index in [1.54, 1.807) is 0 Å². The molecule has 0 aromatic carbocycles. The van der Waals surface area contributed by atoms with Crippen LogP contribution in [0.5, 0.6) is 0 Å². The van der Waals surface area contributed by atoms with Gasteiger partial charge in [0.1, 0.15) is 6.20 Å². The van der Waals surface area contributed by atoms with Crippen LogP contribution in [0.25, 0.3) is 0 Å². The SMILES string of the molecule is CC[N+]1(C)C=CN=C1C.[Cl-]. The van der Waals surface area contributed by atoms with Gasteiger partial charge in [-0.25, -0.2) is 4.99 Å². The molecule has 0 amide bonds. The van der Waals surface area contributed by atoms with E-state index in [-0.39, 0.29) is 12.4 Å². The molecule has 1 heterocycles. The summed E-state index contributed by atoms with van der Waals surface area (Å²) in [6, 6.07) is 0. The third kappa shape index (κ3) is 1.39. The molecule has 0 aromatic heterocycles. The Balaban J connectivity index is 0.000000810. The van der Waals surface area contributed by atoms with Crippen molar-refractivity contribution in [2.45, 2.75) is 13.8 Å². The average molecular weight is 161 g/mol. The number of hydrogen-bond donors (Lipinski definition) is 0. The molecular weight excluding hydrogens is 148 g/mol. The lowest BCUT2D eigenvalue weighted by molar-refractivity contribution is -0.761. The molecule has 0 aromatic rings. The minimum Gasteiger partial charge on any atom is -1.00 e. The first-order valence-corrected chi connectivity index (χ1v) is 3.27. The summed E-state index contributed by atoms with van der Waals surface area (Å²) in [5.41, 5.74) is 0. The van der Waals surface area contributed by atoms with Crippen LogP contribution in [0.3, 0.4) is 0 Å². The van der Waals surface area contributed by atoms with Crippen molar-refractivity contribution in [3.05, 3.63) is 12.4 Å². The molecule has 0 fully saturated rings. The summed E-state index contributed by atoms with van der Waals surface area (Å²) in [4.78, 5) is 4.17. The fourth-order valence-corrected chi connectivity index (χ4v) is 0.862. The van der Waals surface area contributed by atoms with E-state index in [4.69, 9.17) is 0 Å². The fraction of sp³-hybridized carbons (Fsp3) is 0.571. The van der Waals surface area contributed by atoms with Crippen LogP contribution in [0.1, 0.15) is 13.8 Å². The lowest BCUT2D eigenvalue weighted by atomic mass is 10.4. The molecule has 1 unspecified atom stereocenters. The molecule has 0 saturated carbocycles. The van der Waals surface area contributed by atoms with Crippen LogP contribution >= 0.6 is 0 Å². The molecule has 1 rings (SSSR count). The predicted molar refractivity (Wildman–Crippen MR) is 39.0 cm³/mol. The number of rotatable bonds is 1. The maximum absolute atomic E-state index is 4.17. The van der Waals surface area contributed by atoms with Crippen molar-refractivity contribution in [3.63, 3.8) is 0 Å². The van der Waals surface area contributed by atoms with Gasteiger partial charge >= 0.3 is 0 Å². The molecule has 10 heavy (non-hydrogen) atoms. The van der Waals surface area contributed by atoms with E-state index >= 15 is 0 Å². The third-order valence-electron chi connectivity index (χ3n) is 2.05. The molecule has 1 aliphatic rings. The Kier molecular flexibility index (Phi) is 3.06. The second-order valence-electron chi connectivity index (χ2n) is 2.56. The van der Waals surface area contributed by atoms with Gasteiger partial charge in [-0.15, -0.1) is 0 Å². The number of amidine groups is 1. The molecular formula is C7H13ClN2. The second kappa shape index (κ2) is 3.17. The number of nitrogens with zero attached hydrogens (tertiary/aromatic N) is 2. The summed E-state index contributed by atoms with van der Waals surface area (Å²) >= 11 is 0. The van der Waals surface area contributed by atoms with E-state index in [9.17, 15) is 0 Å². The van der Waals surface area contributed by atoms with Crippen LogP contribution in [0.15, 0.2) is 17.4 Å². The summed E-state index contributed by atoms with van der Waals surface area (Å²) in [7, 11) is 2.16. The molecule has 3 heteroatoms. The second-order valence-corrected chi connectivity index (χ2v) is 2.56. The quantitative estimate of drug-likeness (QED) is 0.408. The van der Waals surface area contributed by atoms with Gasteiger partial charge in [-0.2, -0.15) is 0 Å². The highest BCUT2D eigenvalue weighted by molar-refractivity contribution is 5.75. The van der Waals surface area contributed by atoms with Crippen LogP contribution in [0, 0.1) is 0 Å². The summed E-state index contributed by atoms with van der Waals surface area (Å²) in [5.74, 6) is 1.18. The standard InChI is InChI=1S/C7H13N2.ClH/c1-4-9(3)6-5-8-7(9)2;/h5-6H,4H2,1-3H3;1H/q+1;/p-1. The van der Waals surface area contributed by atoms with Crippen molar-refractivity contribution in [1.82, 2.24) is 0 Å². The molecule has 1 aliphatic heterocycles. The number of aliphatic imine (C=N–C) groups is 1. The topological polar surface area (TPSA) is 12.4 Å². The number of quaternary nitrogens is 1. The van der Waals surface area contributed by atoms with Gasteiger partial charge in [0.2, 0.25) is 5.84 Å². The Morgan fingerprint density at radius 3 is 2.40 bits per heavy atom. The van der Waals surface area contributed by atoms with E-state index in [2.05, 4.69) is 32.1 Å². The van der Waals surface area contributed by atoms with Crippen molar-refractivity contribution in [3.8, 4) is 0 Å². The Morgan fingerprint density at radius 1 is 1.60 bits per heavy atom. The van der Waals surface area contributed by atoms with Gasteiger partial charge in [-0.1, -0.05) is 0 Å². The molecule has 1 atom stereocenters. The molecule has 0 N–H and O–H groups in total. The largest absolute Gasteiger partial charge is 1.00 e. The number of halogens is 1. The lowest BCUT2D eigenvalue weighted by Crippen LogP contribution is -3.00. The molecule has 0 aliphatic carbocycles. The Hall–Kier alpha value is -0.340. The molecule has 58 valence electrons. The van der Waals surface area contributed by atoms with Crippen LogP contribution in [-0.4, -0.2) is 23.9 Å². The van der Waals surface area contributed by atoms with Gasteiger partial charge in [0, 0.05) is 6.92 Å². The van der Waals surface area contributed by atoms with Gasteiger partial charge in [0.25, 0.3) is 0 Å². The Morgan fingerprint density at radius 2 is 2.20 bits per heavy atom. The van der Waals surface area contributed by atoms with E-state index < -0.39 is 0 Å². The van der Waals surface area contributed by atoms with Gasteiger partial charge < -0.3 is 12.4 Å². The summed E-state index contributed by atoms with van der Waals surface area (Å²) in [6.45, 7) is 5.31. The van der Waals surface area contributed by atoms with Gasteiger partial charge in [0.15, 0.2) is 0 Å². The van der Waals surface area contributed by atoms with E-state index in [0.717, 1.165) is 11.0 Å². The lowest BCUT2D eigenvalue weighted by Gasteiger charge is -2.23. The highest BCUT2D eigenvalue weighted by Crippen LogP contribution is 2.11. The van der Waals surface area contributed by atoms with Crippen molar-refractivity contribution in [1.29, 1.82) is 0 Å². The Labute approximate surface area is 68.3 Å². The summed E-state index contributed by atoms with van der Waals surface area (Å²) in [6.07, 6.45) is 3.98. The van der Waals surface area contributed by atoms with E-state index in [1.807, 2.05) is 6.20 Å². The van der Waals surface area contributed by atoms with E-state index in [0.29, 0.717) is 0 Å². The highest BCUT2D eigenvalue weighted by Gasteiger charge is 2.23. The van der Waals surface area contributed by atoms with Crippen LogP contribution < -0.4 is 12.4 Å². The van der Waals surface area contributed by atoms with Crippen molar-refractivity contribution in [2.75, 3.05) is 13.6 Å². The van der Waals surface area contributed by atoms with Gasteiger partial charge in [-0.05, 0) is 6.92 Å². The van der Waals surface area contributed by atoms with Crippen molar-refractivity contribution in [2.24, 2.45) is 4.99 Å². The minimum absolute atomic E-state index is 0.